The summed E-state index contributed by atoms with van der Waals surface area (Å²) in [6.45, 7) is 6.18. The minimum atomic E-state index is 0.0428. The Morgan fingerprint density at radius 3 is 2.58 bits per heavy atom. The highest BCUT2D eigenvalue weighted by molar-refractivity contribution is 5.79. The standard InChI is InChI=1S/C14H28N4O/c1-17-8-10-18(11-9-17)7-6-16-14(19)12-4-2-3-5-13(12)15/h12-13H,2-11,15H2,1H3,(H,16,19). The average molecular weight is 268 g/mol. The van der Waals surface area contributed by atoms with E-state index in [0.29, 0.717) is 0 Å². The molecule has 1 aliphatic carbocycles. The van der Waals surface area contributed by atoms with Gasteiger partial charge < -0.3 is 16.0 Å². The van der Waals surface area contributed by atoms with E-state index in [1.807, 2.05) is 0 Å². The molecular weight excluding hydrogens is 240 g/mol. The highest BCUT2D eigenvalue weighted by Gasteiger charge is 2.27. The molecule has 110 valence electrons. The van der Waals surface area contributed by atoms with Crippen LogP contribution in [0.5, 0.6) is 0 Å². The van der Waals surface area contributed by atoms with Crippen LogP contribution in [0.1, 0.15) is 25.7 Å². The van der Waals surface area contributed by atoms with E-state index in [1.165, 1.54) is 6.42 Å². The van der Waals surface area contributed by atoms with Gasteiger partial charge in [-0.05, 0) is 19.9 Å². The van der Waals surface area contributed by atoms with Gasteiger partial charge >= 0.3 is 0 Å². The Hall–Kier alpha value is -0.650. The SMILES string of the molecule is CN1CCN(CCNC(=O)C2CCCCC2N)CC1. The van der Waals surface area contributed by atoms with Crippen LogP contribution in [0.15, 0.2) is 0 Å². The lowest BCUT2D eigenvalue weighted by Gasteiger charge is -2.32. The number of likely N-dealkylation sites (N-methyl/N-ethyl adjacent to an activating group) is 1. The summed E-state index contributed by atoms with van der Waals surface area (Å²) in [4.78, 5) is 16.8. The molecule has 5 nitrogen and oxygen atoms in total. The van der Waals surface area contributed by atoms with Gasteiger partial charge in [0.25, 0.3) is 0 Å². The summed E-state index contributed by atoms with van der Waals surface area (Å²) < 4.78 is 0. The number of piperazine rings is 1. The molecule has 5 heteroatoms. The van der Waals surface area contributed by atoms with E-state index in [0.717, 1.165) is 58.5 Å². The molecule has 3 N–H and O–H groups in total. The molecule has 0 radical (unpaired) electrons. The number of rotatable bonds is 4. The Balaban J connectivity index is 1.63. The largest absolute Gasteiger partial charge is 0.355 e. The van der Waals surface area contributed by atoms with Gasteiger partial charge in [0.1, 0.15) is 0 Å². The lowest BCUT2D eigenvalue weighted by Crippen LogP contribution is -2.48. The molecule has 0 aromatic rings. The van der Waals surface area contributed by atoms with E-state index >= 15 is 0 Å². The second-order valence-electron chi connectivity index (χ2n) is 5.99. The zero-order valence-corrected chi connectivity index (χ0v) is 12.1. The minimum Gasteiger partial charge on any atom is -0.355 e. The Labute approximate surface area is 116 Å². The summed E-state index contributed by atoms with van der Waals surface area (Å²) in [6.07, 6.45) is 4.27. The van der Waals surface area contributed by atoms with Gasteiger partial charge in [-0.15, -0.1) is 0 Å². The van der Waals surface area contributed by atoms with Gasteiger partial charge in [-0.2, -0.15) is 0 Å². The van der Waals surface area contributed by atoms with E-state index < -0.39 is 0 Å². The highest BCUT2D eigenvalue weighted by Crippen LogP contribution is 2.22. The van der Waals surface area contributed by atoms with E-state index in [4.69, 9.17) is 5.73 Å². The fourth-order valence-electron chi connectivity index (χ4n) is 3.02. The molecule has 2 unspecified atom stereocenters. The molecule has 0 spiro atoms. The van der Waals surface area contributed by atoms with Crippen molar-refractivity contribution in [1.29, 1.82) is 0 Å². The van der Waals surface area contributed by atoms with Crippen molar-refractivity contribution in [2.45, 2.75) is 31.7 Å². The van der Waals surface area contributed by atoms with E-state index in [9.17, 15) is 4.79 Å². The normalized spacial score (nSPS) is 30.2. The van der Waals surface area contributed by atoms with Crippen LogP contribution < -0.4 is 11.1 Å². The third-order valence-electron chi connectivity index (χ3n) is 4.48. The first-order chi connectivity index (χ1) is 9.16. The first kappa shape index (κ1) is 14.8. The quantitative estimate of drug-likeness (QED) is 0.745. The molecule has 2 atom stereocenters. The van der Waals surface area contributed by atoms with Crippen LogP contribution in [0.4, 0.5) is 0 Å². The number of hydrogen-bond donors (Lipinski definition) is 2. The summed E-state index contributed by atoms with van der Waals surface area (Å²) in [5.74, 6) is 0.211. The minimum absolute atomic E-state index is 0.0428. The van der Waals surface area contributed by atoms with Gasteiger partial charge in [0.05, 0.1) is 5.92 Å². The van der Waals surface area contributed by atoms with Crippen LogP contribution in [-0.4, -0.2) is 68.1 Å². The van der Waals surface area contributed by atoms with E-state index in [2.05, 4.69) is 22.2 Å². The van der Waals surface area contributed by atoms with Crippen LogP contribution in [0.2, 0.25) is 0 Å². The molecule has 2 aliphatic rings. The number of carbonyl (C=O) groups excluding carboxylic acids is 1. The molecule has 1 heterocycles. The van der Waals surface area contributed by atoms with Crippen molar-refractivity contribution in [2.75, 3.05) is 46.3 Å². The van der Waals surface area contributed by atoms with Crippen molar-refractivity contribution < 1.29 is 4.79 Å². The van der Waals surface area contributed by atoms with Gasteiger partial charge in [-0.1, -0.05) is 12.8 Å². The number of hydrogen-bond acceptors (Lipinski definition) is 4. The first-order valence-electron chi connectivity index (χ1n) is 7.61. The van der Waals surface area contributed by atoms with Crippen molar-refractivity contribution in [1.82, 2.24) is 15.1 Å². The smallest absolute Gasteiger partial charge is 0.224 e. The molecule has 2 fully saturated rings. The van der Waals surface area contributed by atoms with Crippen LogP contribution >= 0.6 is 0 Å². The van der Waals surface area contributed by atoms with Crippen LogP contribution in [-0.2, 0) is 4.79 Å². The van der Waals surface area contributed by atoms with Gasteiger partial charge in [0, 0.05) is 45.3 Å². The van der Waals surface area contributed by atoms with Crippen molar-refractivity contribution in [3.8, 4) is 0 Å². The Kier molecular flexibility index (Phi) is 5.60. The Bertz CT molecular complexity index is 289. The van der Waals surface area contributed by atoms with Crippen molar-refractivity contribution in [3.63, 3.8) is 0 Å². The number of nitrogens with one attached hydrogen (secondary N) is 1. The second kappa shape index (κ2) is 7.22. The zero-order chi connectivity index (χ0) is 13.7. The fourth-order valence-corrected chi connectivity index (χ4v) is 3.02. The van der Waals surface area contributed by atoms with Crippen molar-refractivity contribution in [3.05, 3.63) is 0 Å². The monoisotopic (exact) mass is 268 g/mol. The number of nitrogens with zero attached hydrogens (tertiary/aromatic N) is 2. The molecule has 0 bridgehead atoms. The first-order valence-corrected chi connectivity index (χ1v) is 7.61. The lowest BCUT2D eigenvalue weighted by atomic mass is 9.84. The van der Waals surface area contributed by atoms with Gasteiger partial charge in [-0.25, -0.2) is 0 Å². The maximum Gasteiger partial charge on any atom is 0.224 e. The molecule has 1 saturated heterocycles. The molecule has 1 saturated carbocycles. The van der Waals surface area contributed by atoms with E-state index in [1.54, 1.807) is 0 Å². The third kappa shape index (κ3) is 4.44. The maximum absolute atomic E-state index is 12.1. The summed E-state index contributed by atoms with van der Waals surface area (Å²) in [5.41, 5.74) is 6.03. The van der Waals surface area contributed by atoms with Gasteiger partial charge in [0.2, 0.25) is 5.91 Å². The van der Waals surface area contributed by atoms with Crippen LogP contribution in [0.25, 0.3) is 0 Å². The van der Waals surface area contributed by atoms with Crippen molar-refractivity contribution in [2.24, 2.45) is 11.7 Å². The zero-order valence-electron chi connectivity index (χ0n) is 12.1. The summed E-state index contributed by atoms with van der Waals surface area (Å²) in [5, 5.41) is 3.07. The van der Waals surface area contributed by atoms with Gasteiger partial charge in [-0.3, -0.25) is 9.69 Å². The number of amides is 1. The summed E-state index contributed by atoms with van der Waals surface area (Å²) in [7, 11) is 2.16. The number of carbonyl (C=O) groups is 1. The lowest BCUT2D eigenvalue weighted by molar-refractivity contribution is -0.126. The maximum atomic E-state index is 12.1. The molecule has 0 aromatic heterocycles. The predicted octanol–water partition coefficient (Wildman–Crippen LogP) is -0.132. The molecule has 2 rings (SSSR count). The third-order valence-corrected chi connectivity index (χ3v) is 4.48. The van der Waals surface area contributed by atoms with Crippen LogP contribution in [0.3, 0.4) is 0 Å². The molecular formula is C14H28N4O. The predicted molar refractivity (Wildman–Crippen MR) is 76.9 cm³/mol. The average Bonchev–Trinajstić information content (AvgIpc) is 2.41. The topological polar surface area (TPSA) is 61.6 Å². The number of nitrogens with two attached hydrogens (primary N) is 1. The second-order valence-corrected chi connectivity index (χ2v) is 5.99. The summed E-state index contributed by atoms with van der Waals surface area (Å²) in [6, 6.07) is 0.0670. The fraction of sp³-hybridized carbons (Fsp3) is 0.929. The Morgan fingerprint density at radius 2 is 1.89 bits per heavy atom. The Morgan fingerprint density at radius 1 is 1.21 bits per heavy atom. The molecule has 1 amide bonds. The highest BCUT2D eigenvalue weighted by atomic mass is 16.1. The van der Waals surface area contributed by atoms with Crippen molar-refractivity contribution >= 4 is 5.91 Å². The van der Waals surface area contributed by atoms with Crippen LogP contribution in [0, 0.1) is 5.92 Å². The molecule has 19 heavy (non-hydrogen) atoms. The van der Waals surface area contributed by atoms with E-state index in [-0.39, 0.29) is 17.9 Å². The summed E-state index contributed by atoms with van der Waals surface area (Å²) >= 11 is 0. The van der Waals surface area contributed by atoms with Gasteiger partial charge in [0.15, 0.2) is 0 Å². The molecule has 1 aliphatic heterocycles. The molecule has 0 aromatic carbocycles.